The van der Waals surface area contributed by atoms with E-state index in [1.807, 2.05) is 17.5 Å². The zero-order valence-electron chi connectivity index (χ0n) is 6.14. The van der Waals surface area contributed by atoms with Crippen LogP contribution in [0.1, 0.15) is 0 Å². The van der Waals surface area contributed by atoms with Crippen LogP contribution in [0.15, 0.2) is 23.7 Å². The van der Waals surface area contributed by atoms with Crippen molar-refractivity contribution >= 4 is 17.3 Å². The maximum Gasteiger partial charge on any atom is 0.240 e. The molecule has 2 N–H and O–H groups in total. The first-order valence-electron chi connectivity index (χ1n) is 3.35. The van der Waals surface area contributed by atoms with Crippen LogP contribution >= 0.6 is 11.3 Å². The summed E-state index contributed by atoms with van der Waals surface area (Å²) in [5.74, 6) is 0.209. The first-order chi connectivity index (χ1) is 5.86. The molecule has 2 heterocycles. The quantitative estimate of drug-likeness (QED) is 0.712. The normalized spacial score (nSPS) is 10.0. The first kappa shape index (κ1) is 7.17. The molecule has 0 saturated heterocycles. The second kappa shape index (κ2) is 2.86. The van der Waals surface area contributed by atoms with Gasteiger partial charge >= 0.3 is 0 Å². The third-order valence-electron chi connectivity index (χ3n) is 1.35. The predicted octanol–water partition coefficient (Wildman–Crippen LogP) is 1.18. The average Bonchev–Trinajstić information content (AvgIpc) is 2.56. The largest absolute Gasteiger partial charge is 0.366 e. The summed E-state index contributed by atoms with van der Waals surface area (Å²) in [7, 11) is 0. The number of rotatable bonds is 1. The molecule has 0 aromatic carbocycles. The van der Waals surface area contributed by atoms with E-state index in [9.17, 15) is 0 Å². The van der Waals surface area contributed by atoms with E-state index in [1.54, 1.807) is 17.5 Å². The van der Waals surface area contributed by atoms with E-state index in [-0.39, 0.29) is 5.95 Å². The van der Waals surface area contributed by atoms with Crippen LogP contribution in [0.3, 0.4) is 0 Å². The molecule has 4 nitrogen and oxygen atoms in total. The molecular formula is C7H6N4S. The van der Waals surface area contributed by atoms with Gasteiger partial charge in [0.25, 0.3) is 0 Å². The minimum Gasteiger partial charge on any atom is -0.366 e. The van der Waals surface area contributed by atoms with E-state index in [1.165, 1.54) is 0 Å². The van der Waals surface area contributed by atoms with E-state index in [0.29, 0.717) is 0 Å². The molecule has 0 amide bonds. The molecule has 5 heteroatoms. The minimum absolute atomic E-state index is 0.209. The number of nitrogen functional groups attached to an aromatic ring is 1. The lowest BCUT2D eigenvalue weighted by molar-refractivity contribution is 0.992. The maximum atomic E-state index is 5.38. The number of hydrogen-bond acceptors (Lipinski definition) is 5. The second-order valence-electron chi connectivity index (χ2n) is 2.18. The number of nitrogens with two attached hydrogens (primary N) is 1. The van der Waals surface area contributed by atoms with Crippen molar-refractivity contribution in [2.45, 2.75) is 0 Å². The van der Waals surface area contributed by atoms with Crippen LogP contribution in [0.25, 0.3) is 10.6 Å². The Morgan fingerprint density at radius 2 is 2.33 bits per heavy atom. The molecule has 0 aliphatic rings. The van der Waals surface area contributed by atoms with Gasteiger partial charge in [0, 0.05) is 0 Å². The summed E-state index contributed by atoms with van der Waals surface area (Å²) >= 11 is 1.60. The van der Waals surface area contributed by atoms with Gasteiger partial charge in [0.2, 0.25) is 5.95 Å². The van der Waals surface area contributed by atoms with Gasteiger partial charge in [-0.3, -0.25) is 0 Å². The van der Waals surface area contributed by atoms with Crippen LogP contribution in [0.2, 0.25) is 0 Å². The Hall–Kier alpha value is -1.49. The maximum absolute atomic E-state index is 5.38. The Labute approximate surface area is 73.1 Å². The first-order valence-corrected chi connectivity index (χ1v) is 4.23. The fourth-order valence-corrected chi connectivity index (χ4v) is 1.54. The molecule has 0 unspecified atom stereocenters. The Kier molecular flexibility index (Phi) is 1.71. The predicted molar refractivity (Wildman–Crippen MR) is 47.6 cm³/mol. The third kappa shape index (κ3) is 1.26. The van der Waals surface area contributed by atoms with Gasteiger partial charge in [0.05, 0.1) is 11.1 Å². The van der Waals surface area contributed by atoms with Crippen LogP contribution in [-0.2, 0) is 0 Å². The smallest absolute Gasteiger partial charge is 0.240 e. The molecule has 0 spiro atoms. The standard InChI is InChI=1S/C7H6N4S/c8-7-10-5(4-9-11-7)6-2-1-3-12-6/h1-4H,(H2,8,10,11). The Balaban J connectivity index is 2.48. The number of aromatic nitrogens is 3. The zero-order chi connectivity index (χ0) is 8.39. The summed E-state index contributed by atoms with van der Waals surface area (Å²) in [6.07, 6.45) is 1.60. The summed E-state index contributed by atoms with van der Waals surface area (Å²) in [6, 6.07) is 3.92. The monoisotopic (exact) mass is 178 g/mol. The minimum atomic E-state index is 0.209. The highest BCUT2D eigenvalue weighted by molar-refractivity contribution is 7.13. The highest BCUT2D eigenvalue weighted by atomic mass is 32.1. The Morgan fingerprint density at radius 1 is 1.42 bits per heavy atom. The van der Waals surface area contributed by atoms with Gasteiger partial charge in [-0.25, -0.2) is 4.98 Å². The third-order valence-corrected chi connectivity index (χ3v) is 2.24. The summed E-state index contributed by atoms with van der Waals surface area (Å²) in [6.45, 7) is 0. The van der Waals surface area contributed by atoms with Crippen molar-refractivity contribution in [1.29, 1.82) is 0 Å². The van der Waals surface area contributed by atoms with Crippen molar-refractivity contribution in [3.8, 4) is 10.6 Å². The molecule has 0 aliphatic heterocycles. The summed E-state index contributed by atoms with van der Waals surface area (Å²) in [5, 5.41) is 9.26. The van der Waals surface area contributed by atoms with Crippen molar-refractivity contribution in [2.75, 3.05) is 5.73 Å². The highest BCUT2D eigenvalue weighted by Crippen LogP contribution is 2.21. The Bertz CT molecular complexity index is 371. The molecular weight excluding hydrogens is 172 g/mol. The van der Waals surface area contributed by atoms with Gasteiger partial charge in [0.15, 0.2) is 0 Å². The molecule has 2 rings (SSSR count). The van der Waals surface area contributed by atoms with Gasteiger partial charge in [0.1, 0.15) is 5.69 Å². The van der Waals surface area contributed by atoms with Gasteiger partial charge in [-0.1, -0.05) is 6.07 Å². The second-order valence-corrected chi connectivity index (χ2v) is 3.12. The molecule has 0 saturated carbocycles. The van der Waals surface area contributed by atoms with Gasteiger partial charge in [-0.05, 0) is 11.4 Å². The van der Waals surface area contributed by atoms with Gasteiger partial charge < -0.3 is 5.73 Å². The lowest BCUT2D eigenvalue weighted by Gasteiger charge is -1.94. The van der Waals surface area contributed by atoms with Crippen LogP contribution in [0, 0.1) is 0 Å². The summed E-state index contributed by atoms with van der Waals surface area (Å²) in [5.41, 5.74) is 6.16. The lowest BCUT2D eigenvalue weighted by Crippen LogP contribution is -1.97. The summed E-state index contributed by atoms with van der Waals surface area (Å²) in [4.78, 5) is 5.08. The van der Waals surface area contributed by atoms with Gasteiger partial charge in [-0.2, -0.15) is 5.10 Å². The van der Waals surface area contributed by atoms with Gasteiger partial charge in [-0.15, -0.1) is 16.4 Å². The number of thiophene rings is 1. The molecule has 0 aliphatic carbocycles. The average molecular weight is 178 g/mol. The van der Waals surface area contributed by atoms with E-state index in [2.05, 4.69) is 15.2 Å². The summed E-state index contributed by atoms with van der Waals surface area (Å²) < 4.78 is 0. The highest BCUT2D eigenvalue weighted by Gasteiger charge is 2.00. The number of hydrogen-bond donors (Lipinski definition) is 1. The fourth-order valence-electron chi connectivity index (χ4n) is 0.860. The molecule has 2 aromatic rings. The molecule has 12 heavy (non-hydrogen) atoms. The molecule has 0 fully saturated rings. The van der Waals surface area contributed by atoms with E-state index in [0.717, 1.165) is 10.6 Å². The number of nitrogens with zero attached hydrogens (tertiary/aromatic N) is 3. The van der Waals surface area contributed by atoms with E-state index >= 15 is 0 Å². The van der Waals surface area contributed by atoms with Crippen molar-refractivity contribution in [2.24, 2.45) is 0 Å². The topological polar surface area (TPSA) is 64.7 Å². The SMILES string of the molecule is Nc1nncc(-c2cccs2)n1. The van der Waals surface area contributed by atoms with Crippen LogP contribution in [-0.4, -0.2) is 15.2 Å². The van der Waals surface area contributed by atoms with Crippen LogP contribution in [0.4, 0.5) is 5.95 Å². The molecule has 0 bridgehead atoms. The molecule has 0 atom stereocenters. The van der Waals surface area contributed by atoms with Crippen molar-refractivity contribution in [3.05, 3.63) is 23.7 Å². The molecule has 2 aromatic heterocycles. The van der Waals surface area contributed by atoms with E-state index < -0.39 is 0 Å². The Morgan fingerprint density at radius 3 is 3.00 bits per heavy atom. The van der Waals surface area contributed by atoms with Crippen molar-refractivity contribution < 1.29 is 0 Å². The van der Waals surface area contributed by atoms with E-state index in [4.69, 9.17) is 5.73 Å². The number of anilines is 1. The molecule has 0 radical (unpaired) electrons. The fraction of sp³-hybridized carbons (Fsp3) is 0. The van der Waals surface area contributed by atoms with Crippen molar-refractivity contribution in [1.82, 2.24) is 15.2 Å². The van der Waals surface area contributed by atoms with Crippen molar-refractivity contribution in [3.63, 3.8) is 0 Å². The zero-order valence-corrected chi connectivity index (χ0v) is 6.95. The van der Waals surface area contributed by atoms with Crippen LogP contribution < -0.4 is 5.73 Å². The molecule has 60 valence electrons. The lowest BCUT2D eigenvalue weighted by atomic mass is 10.4. The van der Waals surface area contributed by atoms with Crippen LogP contribution in [0.5, 0.6) is 0 Å².